The maximum absolute atomic E-state index is 12.5. The lowest BCUT2D eigenvalue weighted by Gasteiger charge is -2.21. The molecule has 13 heteroatoms. The highest BCUT2D eigenvalue weighted by Crippen LogP contribution is 2.36. The molecule has 1 atom stereocenters. The van der Waals surface area contributed by atoms with Crippen molar-refractivity contribution in [3.05, 3.63) is 35.4 Å². The molecular formula is C23H27NO12. The number of hydrogen-bond acceptors (Lipinski definition) is 12. The highest BCUT2D eigenvalue weighted by atomic mass is 16.6. The largest absolute Gasteiger partial charge is 0.504 e. The molecule has 196 valence electrons. The molecule has 0 fully saturated rings. The second kappa shape index (κ2) is 11.3. The van der Waals surface area contributed by atoms with Crippen LogP contribution in [0.3, 0.4) is 0 Å². The number of carbonyl (C=O) groups excluding carboxylic acids is 3. The summed E-state index contributed by atoms with van der Waals surface area (Å²) in [6, 6.07) is 3.33. The molecule has 0 aliphatic rings. The van der Waals surface area contributed by atoms with Crippen LogP contribution in [0.25, 0.3) is 0 Å². The Labute approximate surface area is 205 Å². The van der Waals surface area contributed by atoms with Crippen molar-refractivity contribution >= 4 is 18.0 Å². The van der Waals surface area contributed by atoms with Gasteiger partial charge in [-0.3, -0.25) is 0 Å². The molecule has 0 spiro atoms. The summed E-state index contributed by atoms with van der Waals surface area (Å²) in [7, 11) is 0. The van der Waals surface area contributed by atoms with E-state index in [-0.39, 0.29) is 29.7 Å². The standard InChI is InChI=1S/C23H27NO12/c1-23(2,3)10-35-22(33)24-8-13(36-21(32)12-6-16(27)19(30)17(28)7-12)9-34-20(31)11-4-14(25)18(29)15(26)5-11/h4-7,13,25-30H,8-10H2,1-3H3,(H,24,33). The van der Waals surface area contributed by atoms with E-state index in [9.17, 15) is 45.0 Å². The number of carbonyl (C=O) groups is 3. The molecule has 0 saturated carbocycles. The van der Waals surface area contributed by atoms with Crippen molar-refractivity contribution in [3.63, 3.8) is 0 Å². The zero-order valence-corrected chi connectivity index (χ0v) is 19.6. The van der Waals surface area contributed by atoms with Gasteiger partial charge < -0.3 is 50.2 Å². The second-order valence-corrected chi connectivity index (χ2v) is 8.87. The summed E-state index contributed by atoms with van der Waals surface area (Å²) in [5, 5.41) is 59.5. The number of rotatable bonds is 8. The number of ether oxygens (including phenoxy) is 3. The molecule has 36 heavy (non-hydrogen) atoms. The summed E-state index contributed by atoms with van der Waals surface area (Å²) < 4.78 is 15.3. The predicted molar refractivity (Wildman–Crippen MR) is 121 cm³/mol. The summed E-state index contributed by atoms with van der Waals surface area (Å²) in [6.07, 6.45) is -2.15. The molecule has 13 nitrogen and oxygen atoms in total. The lowest BCUT2D eigenvalue weighted by atomic mass is 9.99. The number of phenolic OH excluding ortho intramolecular Hbond substituents is 6. The van der Waals surface area contributed by atoms with E-state index < -0.39 is 65.2 Å². The average Bonchev–Trinajstić information content (AvgIpc) is 2.79. The van der Waals surface area contributed by atoms with Crippen molar-refractivity contribution in [1.29, 1.82) is 0 Å². The van der Waals surface area contributed by atoms with Crippen molar-refractivity contribution in [2.75, 3.05) is 19.8 Å². The van der Waals surface area contributed by atoms with E-state index in [1.165, 1.54) is 0 Å². The number of esters is 2. The van der Waals surface area contributed by atoms with Gasteiger partial charge in [0.2, 0.25) is 0 Å². The molecule has 0 aliphatic carbocycles. The van der Waals surface area contributed by atoms with E-state index in [1.54, 1.807) is 0 Å². The van der Waals surface area contributed by atoms with E-state index in [2.05, 4.69) is 5.32 Å². The lowest BCUT2D eigenvalue weighted by Crippen LogP contribution is -2.39. The topological polar surface area (TPSA) is 212 Å². The van der Waals surface area contributed by atoms with Gasteiger partial charge in [0.15, 0.2) is 40.6 Å². The van der Waals surface area contributed by atoms with Gasteiger partial charge in [-0.25, -0.2) is 14.4 Å². The molecule has 0 bridgehead atoms. The van der Waals surface area contributed by atoms with Gasteiger partial charge in [-0.1, -0.05) is 20.8 Å². The van der Waals surface area contributed by atoms with Crippen LogP contribution in [-0.2, 0) is 14.2 Å². The number of aromatic hydroxyl groups is 6. The Hall–Kier alpha value is -4.55. The van der Waals surface area contributed by atoms with E-state index in [4.69, 9.17) is 14.2 Å². The normalized spacial score (nSPS) is 11.9. The fourth-order valence-electron chi connectivity index (χ4n) is 2.58. The van der Waals surface area contributed by atoms with Gasteiger partial charge in [0, 0.05) is 0 Å². The monoisotopic (exact) mass is 509 g/mol. The molecular weight excluding hydrogens is 482 g/mol. The third kappa shape index (κ3) is 7.75. The summed E-state index contributed by atoms with van der Waals surface area (Å²) in [5.41, 5.74) is -1.01. The first-order valence-corrected chi connectivity index (χ1v) is 10.5. The Balaban J connectivity index is 2.13. The first kappa shape index (κ1) is 27.7. The van der Waals surface area contributed by atoms with Crippen LogP contribution in [0, 0.1) is 5.41 Å². The van der Waals surface area contributed by atoms with E-state index >= 15 is 0 Å². The van der Waals surface area contributed by atoms with Crippen LogP contribution >= 0.6 is 0 Å². The maximum atomic E-state index is 12.5. The number of benzene rings is 2. The predicted octanol–water partition coefficient (Wildman–Crippen LogP) is 2.07. The van der Waals surface area contributed by atoms with E-state index in [0.717, 1.165) is 24.3 Å². The smallest absolute Gasteiger partial charge is 0.407 e. The molecule has 0 aliphatic heterocycles. The Morgan fingerprint density at radius 2 is 1.22 bits per heavy atom. The lowest BCUT2D eigenvalue weighted by molar-refractivity contribution is -0.000626. The third-order valence-electron chi connectivity index (χ3n) is 4.40. The molecule has 1 unspecified atom stereocenters. The van der Waals surface area contributed by atoms with Gasteiger partial charge in [0.1, 0.15) is 6.61 Å². The van der Waals surface area contributed by atoms with Crippen LogP contribution in [-0.4, -0.2) is 74.5 Å². The Kier molecular flexibility index (Phi) is 8.65. The van der Waals surface area contributed by atoms with Gasteiger partial charge in [0.05, 0.1) is 24.3 Å². The van der Waals surface area contributed by atoms with Gasteiger partial charge in [-0.2, -0.15) is 0 Å². The van der Waals surface area contributed by atoms with Crippen LogP contribution in [0.4, 0.5) is 4.79 Å². The highest BCUT2D eigenvalue weighted by molar-refractivity contribution is 5.92. The van der Waals surface area contributed by atoms with Crippen molar-refractivity contribution < 1.29 is 59.2 Å². The van der Waals surface area contributed by atoms with E-state index in [1.807, 2.05) is 20.8 Å². The maximum Gasteiger partial charge on any atom is 0.407 e. The number of alkyl carbamates (subject to hydrolysis) is 1. The zero-order chi connectivity index (χ0) is 27.2. The number of nitrogens with one attached hydrogen (secondary N) is 1. The quantitative estimate of drug-likeness (QED) is 0.155. The minimum absolute atomic E-state index is 0.0815. The number of phenols is 6. The van der Waals surface area contributed by atoms with E-state index in [0.29, 0.717) is 0 Å². The first-order valence-electron chi connectivity index (χ1n) is 10.5. The molecule has 2 aromatic rings. The fraction of sp³-hybridized carbons (Fsp3) is 0.348. The molecule has 2 rings (SSSR count). The van der Waals surface area contributed by atoms with Crippen molar-refractivity contribution in [1.82, 2.24) is 5.32 Å². The minimum Gasteiger partial charge on any atom is -0.504 e. The summed E-state index contributed by atoms with van der Waals surface area (Å²) in [5.74, 6) is -7.00. The highest BCUT2D eigenvalue weighted by Gasteiger charge is 2.23. The Morgan fingerprint density at radius 1 is 0.778 bits per heavy atom. The van der Waals surface area contributed by atoms with Gasteiger partial charge in [0.25, 0.3) is 0 Å². The minimum atomic E-state index is -1.30. The molecule has 7 N–H and O–H groups in total. The molecule has 0 radical (unpaired) electrons. The van der Waals surface area contributed by atoms with Crippen molar-refractivity contribution in [2.45, 2.75) is 26.9 Å². The SMILES string of the molecule is CC(C)(C)COC(=O)NCC(COC(=O)c1cc(O)c(O)c(O)c1)OC(=O)c1cc(O)c(O)c(O)c1. The molecule has 1 amide bonds. The zero-order valence-electron chi connectivity index (χ0n) is 19.6. The van der Waals surface area contributed by atoms with Crippen LogP contribution in [0.1, 0.15) is 41.5 Å². The van der Waals surface area contributed by atoms with Crippen LogP contribution in [0.5, 0.6) is 34.5 Å². The third-order valence-corrected chi connectivity index (χ3v) is 4.40. The van der Waals surface area contributed by atoms with Crippen molar-refractivity contribution in [3.8, 4) is 34.5 Å². The number of amides is 1. The Morgan fingerprint density at radius 3 is 1.67 bits per heavy atom. The Bertz CT molecular complexity index is 1090. The summed E-state index contributed by atoms with van der Waals surface area (Å²) in [6.45, 7) is 4.59. The number of hydrogen-bond donors (Lipinski definition) is 7. The molecule has 2 aromatic carbocycles. The van der Waals surface area contributed by atoms with Crippen LogP contribution in [0.15, 0.2) is 24.3 Å². The molecule has 0 heterocycles. The van der Waals surface area contributed by atoms with Gasteiger partial charge in [-0.15, -0.1) is 0 Å². The summed E-state index contributed by atoms with van der Waals surface area (Å²) >= 11 is 0. The molecule has 0 aromatic heterocycles. The average molecular weight is 509 g/mol. The molecule has 0 saturated heterocycles. The van der Waals surface area contributed by atoms with Crippen LogP contribution in [0.2, 0.25) is 0 Å². The first-order chi connectivity index (χ1) is 16.7. The fourth-order valence-corrected chi connectivity index (χ4v) is 2.58. The van der Waals surface area contributed by atoms with Crippen molar-refractivity contribution in [2.24, 2.45) is 5.41 Å². The summed E-state index contributed by atoms with van der Waals surface area (Å²) in [4.78, 5) is 36.8. The van der Waals surface area contributed by atoms with Crippen LogP contribution < -0.4 is 5.32 Å². The second-order valence-electron chi connectivity index (χ2n) is 8.87. The van der Waals surface area contributed by atoms with Gasteiger partial charge in [-0.05, 0) is 29.7 Å². The van der Waals surface area contributed by atoms with Gasteiger partial charge >= 0.3 is 18.0 Å².